The molecule has 1 aromatic heterocycles. The van der Waals surface area contributed by atoms with Crippen molar-refractivity contribution in [3.63, 3.8) is 0 Å². The van der Waals surface area contributed by atoms with Crippen molar-refractivity contribution in [2.75, 3.05) is 19.8 Å². The Labute approximate surface area is 175 Å². The predicted octanol–water partition coefficient (Wildman–Crippen LogP) is 4.51. The molecule has 7 heteroatoms. The van der Waals surface area contributed by atoms with Crippen molar-refractivity contribution in [1.82, 2.24) is 0 Å². The number of esters is 1. The highest BCUT2D eigenvalue weighted by Gasteiger charge is 2.19. The van der Waals surface area contributed by atoms with Gasteiger partial charge in [0.2, 0.25) is 5.75 Å². The van der Waals surface area contributed by atoms with Gasteiger partial charge >= 0.3 is 11.6 Å². The van der Waals surface area contributed by atoms with Crippen LogP contribution in [0, 0.1) is 0 Å². The van der Waals surface area contributed by atoms with Gasteiger partial charge in [-0.1, -0.05) is 23.3 Å². The zero-order valence-corrected chi connectivity index (χ0v) is 17.8. The van der Waals surface area contributed by atoms with Gasteiger partial charge in [-0.05, 0) is 58.7 Å². The average Bonchev–Trinajstić information content (AvgIpc) is 2.68. The Bertz CT molecular complexity index is 995. The van der Waals surface area contributed by atoms with Crippen molar-refractivity contribution < 1.29 is 28.5 Å². The number of hydrogen-bond donors (Lipinski definition) is 1. The van der Waals surface area contributed by atoms with Crippen LogP contribution in [0.1, 0.15) is 40.5 Å². The summed E-state index contributed by atoms with van der Waals surface area (Å²) in [4.78, 5) is 23.8. The number of ether oxygens (including phenoxy) is 3. The normalized spacial score (nSPS) is 11.3. The van der Waals surface area contributed by atoms with Gasteiger partial charge in [0.15, 0.2) is 12.4 Å². The Balaban J connectivity index is 2.20. The highest BCUT2D eigenvalue weighted by atomic mass is 16.6. The number of carbonyl (C=O) groups excluding carboxylic acids is 1. The molecule has 0 aliphatic rings. The highest BCUT2D eigenvalue weighted by Crippen LogP contribution is 2.37. The molecule has 0 amide bonds. The zero-order chi connectivity index (χ0) is 22.1. The molecule has 2 rings (SSSR count). The van der Waals surface area contributed by atoms with Crippen LogP contribution in [0.25, 0.3) is 11.0 Å². The maximum absolute atomic E-state index is 12.2. The molecular formula is C23H28O7. The zero-order valence-electron chi connectivity index (χ0n) is 17.8. The van der Waals surface area contributed by atoms with Crippen molar-refractivity contribution in [2.45, 2.75) is 40.5 Å². The van der Waals surface area contributed by atoms with Gasteiger partial charge in [0.05, 0.1) is 6.61 Å². The fourth-order valence-electron chi connectivity index (χ4n) is 2.73. The summed E-state index contributed by atoms with van der Waals surface area (Å²) in [5.41, 5.74) is 1.70. The smallest absolute Gasteiger partial charge is 0.383 e. The van der Waals surface area contributed by atoms with Crippen molar-refractivity contribution in [3.05, 3.63) is 51.9 Å². The standard InChI is InChI=1S/C23H28O7/c1-5-27-19(24)14-29-17-10-7-11-18-20(17)21(25)22(23(26)30-18)28-13-12-16(4)9-6-8-15(2)3/h7-8,10-12,25H,5-6,9,13-14H2,1-4H3. The molecular weight excluding hydrogens is 388 g/mol. The second-order valence-corrected chi connectivity index (χ2v) is 6.97. The third kappa shape index (κ3) is 6.40. The van der Waals surface area contributed by atoms with Gasteiger partial charge in [-0.2, -0.15) is 0 Å². The number of fused-ring (bicyclic) bond motifs is 1. The first kappa shape index (κ1) is 23.1. The molecule has 1 aromatic carbocycles. The van der Waals surface area contributed by atoms with Gasteiger partial charge in [0.1, 0.15) is 23.3 Å². The summed E-state index contributed by atoms with van der Waals surface area (Å²) in [6.07, 6.45) is 5.80. The molecule has 0 spiro atoms. The van der Waals surface area contributed by atoms with Crippen molar-refractivity contribution >= 4 is 16.9 Å². The second-order valence-electron chi connectivity index (χ2n) is 6.97. The molecule has 0 aliphatic carbocycles. The lowest BCUT2D eigenvalue weighted by molar-refractivity contribution is -0.145. The van der Waals surface area contributed by atoms with Crippen LogP contribution in [0.3, 0.4) is 0 Å². The van der Waals surface area contributed by atoms with Crippen molar-refractivity contribution in [2.24, 2.45) is 0 Å². The fraction of sp³-hybridized carbons (Fsp3) is 0.391. The Morgan fingerprint density at radius 1 is 1.17 bits per heavy atom. The molecule has 0 unspecified atom stereocenters. The van der Waals surface area contributed by atoms with Crippen LogP contribution in [-0.2, 0) is 9.53 Å². The topological polar surface area (TPSA) is 95.2 Å². The van der Waals surface area contributed by atoms with Crippen LogP contribution in [0.5, 0.6) is 17.2 Å². The van der Waals surface area contributed by atoms with E-state index in [0.29, 0.717) is 0 Å². The van der Waals surface area contributed by atoms with E-state index in [-0.39, 0.29) is 42.3 Å². The number of aromatic hydroxyl groups is 1. The minimum absolute atomic E-state index is 0.107. The van der Waals surface area contributed by atoms with Crippen molar-refractivity contribution in [3.8, 4) is 17.2 Å². The van der Waals surface area contributed by atoms with Gasteiger partial charge < -0.3 is 23.7 Å². The van der Waals surface area contributed by atoms with E-state index in [1.807, 2.05) is 13.0 Å². The first-order valence-electron chi connectivity index (χ1n) is 9.82. The molecule has 0 radical (unpaired) electrons. The molecule has 2 aromatic rings. The third-order valence-electron chi connectivity index (χ3n) is 4.23. The monoisotopic (exact) mass is 416 g/mol. The molecule has 30 heavy (non-hydrogen) atoms. The van der Waals surface area contributed by atoms with E-state index < -0.39 is 17.3 Å². The van der Waals surface area contributed by atoms with E-state index >= 15 is 0 Å². The van der Waals surface area contributed by atoms with E-state index in [4.69, 9.17) is 18.6 Å². The number of hydrogen-bond acceptors (Lipinski definition) is 7. The summed E-state index contributed by atoms with van der Waals surface area (Å²) in [6.45, 7) is 7.77. The summed E-state index contributed by atoms with van der Waals surface area (Å²) in [5.74, 6) is -1.06. The maximum atomic E-state index is 12.2. The molecule has 0 bridgehead atoms. The van der Waals surface area contributed by atoms with Crippen LogP contribution in [0.15, 0.2) is 50.7 Å². The summed E-state index contributed by atoms with van der Waals surface area (Å²) < 4.78 is 21.0. The summed E-state index contributed by atoms with van der Waals surface area (Å²) in [6, 6.07) is 4.66. The number of allylic oxidation sites excluding steroid dienone is 3. The highest BCUT2D eigenvalue weighted by molar-refractivity contribution is 5.91. The van der Waals surface area contributed by atoms with Gasteiger partial charge in [0, 0.05) is 0 Å². The fourth-order valence-corrected chi connectivity index (χ4v) is 2.73. The molecule has 162 valence electrons. The Morgan fingerprint density at radius 2 is 1.93 bits per heavy atom. The Kier molecular flexibility index (Phi) is 8.53. The van der Waals surface area contributed by atoms with E-state index in [2.05, 4.69) is 19.9 Å². The van der Waals surface area contributed by atoms with Crippen LogP contribution < -0.4 is 15.1 Å². The lowest BCUT2D eigenvalue weighted by Gasteiger charge is -2.11. The SMILES string of the molecule is CCOC(=O)COc1cccc2oc(=O)c(OCC=C(C)CCC=C(C)C)c(O)c12. The molecule has 0 saturated carbocycles. The molecule has 1 N–H and O–H groups in total. The van der Waals surface area contributed by atoms with Gasteiger partial charge in [-0.25, -0.2) is 9.59 Å². The summed E-state index contributed by atoms with van der Waals surface area (Å²) in [5, 5.41) is 10.8. The summed E-state index contributed by atoms with van der Waals surface area (Å²) in [7, 11) is 0. The first-order chi connectivity index (χ1) is 14.3. The van der Waals surface area contributed by atoms with E-state index in [0.717, 1.165) is 18.4 Å². The predicted molar refractivity (Wildman–Crippen MR) is 114 cm³/mol. The average molecular weight is 416 g/mol. The molecule has 0 fully saturated rings. The van der Waals surface area contributed by atoms with Crippen LogP contribution in [0.4, 0.5) is 0 Å². The van der Waals surface area contributed by atoms with Crippen LogP contribution in [-0.4, -0.2) is 30.9 Å². The Morgan fingerprint density at radius 3 is 2.63 bits per heavy atom. The van der Waals surface area contributed by atoms with Gasteiger partial charge in [-0.15, -0.1) is 0 Å². The molecule has 0 aliphatic heterocycles. The largest absolute Gasteiger partial charge is 0.503 e. The third-order valence-corrected chi connectivity index (χ3v) is 4.23. The van der Waals surface area contributed by atoms with Gasteiger partial charge in [0.25, 0.3) is 0 Å². The Hall–Kier alpha value is -3.22. The van der Waals surface area contributed by atoms with E-state index in [1.54, 1.807) is 19.1 Å². The van der Waals surface area contributed by atoms with Gasteiger partial charge in [-0.3, -0.25) is 0 Å². The number of benzene rings is 1. The van der Waals surface area contributed by atoms with Crippen LogP contribution >= 0.6 is 0 Å². The molecule has 7 nitrogen and oxygen atoms in total. The minimum atomic E-state index is -0.793. The van der Waals surface area contributed by atoms with Crippen LogP contribution in [0.2, 0.25) is 0 Å². The quantitative estimate of drug-likeness (QED) is 0.346. The lowest BCUT2D eigenvalue weighted by Crippen LogP contribution is -2.15. The molecule has 0 atom stereocenters. The van der Waals surface area contributed by atoms with Crippen molar-refractivity contribution in [1.29, 1.82) is 0 Å². The molecule has 1 heterocycles. The maximum Gasteiger partial charge on any atom is 0.383 e. The second kappa shape index (κ2) is 11.1. The summed E-state index contributed by atoms with van der Waals surface area (Å²) >= 11 is 0. The van der Waals surface area contributed by atoms with E-state index in [9.17, 15) is 14.7 Å². The van der Waals surface area contributed by atoms with E-state index in [1.165, 1.54) is 11.6 Å². The first-order valence-corrected chi connectivity index (χ1v) is 9.82. The minimum Gasteiger partial charge on any atom is -0.503 e. The number of carbonyl (C=O) groups is 1. The lowest BCUT2D eigenvalue weighted by atomic mass is 10.1. The molecule has 0 saturated heterocycles. The number of rotatable bonds is 10.